The summed E-state index contributed by atoms with van der Waals surface area (Å²) in [6, 6.07) is 3.57. The first-order valence-corrected chi connectivity index (χ1v) is 5.16. The van der Waals surface area contributed by atoms with E-state index in [0.29, 0.717) is 0 Å². The van der Waals surface area contributed by atoms with Crippen LogP contribution in [0.4, 0.5) is 0 Å². The van der Waals surface area contributed by atoms with Crippen molar-refractivity contribution in [3.8, 4) is 0 Å². The van der Waals surface area contributed by atoms with Crippen molar-refractivity contribution < 1.29 is 9.90 Å². The molecular formula is C12H15NO2. The monoisotopic (exact) mass is 205 g/mol. The molecule has 1 aliphatic rings. The van der Waals surface area contributed by atoms with Crippen LogP contribution in [0.2, 0.25) is 0 Å². The molecule has 0 radical (unpaired) electrons. The number of carboxylic acids is 1. The summed E-state index contributed by atoms with van der Waals surface area (Å²) in [7, 11) is 0. The molecule has 1 unspecified atom stereocenters. The van der Waals surface area contributed by atoms with E-state index in [2.05, 4.69) is 18.3 Å². The molecule has 0 aromatic heterocycles. The van der Waals surface area contributed by atoms with Gasteiger partial charge in [0.05, 0.1) is 0 Å². The fourth-order valence-electron chi connectivity index (χ4n) is 2.07. The van der Waals surface area contributed by atoms with Crippen molar-refractivity contribution in [1.29, 1.82) is 0 Å². The van der Waals surface area contributed by atoms with Crippen LogP contribution < -0.4 is 5.32 Å². The average Bonchev–Trinajstić information content (AvgIpc) is 2.18. The van der Waals surface area contributed by atoms with Crippen LogP contribution in [-0.4, -0.2) is 17.6 Å². The van der Waals surface area contributed by atoms with Gasteiger partial charge in [0.1, 0.15) is 6.04 Å². The fraction of sp³-hybridized carbons (Fsp3) is 0.417. The molecule has 2 N–H and O–H groups in total. The molecule has 80 valence electrons. The van der Waals surface area contributed by atoms with Crippen LogP contribution in [0.25, 0.3) is 0 Å². The molecule has 2 rings (SSSR count). The van der Waals surface area contributed by atoms with Gasteiger partial charge in [-0.05, 0) is 42.5 Å². The van der Waals surface area contributed by atoms with Crippen LogP contribution in [0.5, 0.6) is 0 Å². The van der Waals surface area contributed by atoms with E-state index >= 15 is 0 Å². The highest BCUT2D eigenvalue weighted by Gasteiger charge is 2.25. The molecule has 1 aromatic rings. The highest BCUT2D eigenvalue weighted by atomic mass is 16.4. The van der Waals surface area contributed by atoms with Crippen LogP contribution in [0.3, 0.4) is 0 Å². The number of fused-ring (bicyclic) bond motifs is 1. The van der Waals surface area contributed by atoms with Gasteiger partial charge in [-0.3, -0.25) is 4.79 Å². The minimum absolute atomic E-state index is 0.534. The second kappa shape index (κ2) is 3.66. The van der Waals surface area contributed by atoms with Gasteiger partial charge >= 0.3 is 5.97 Å². The number of aryl methyl sites for hydroxylation is 2. The third-order valence-electron chi connectivity index (χ3n) is 3.06. The Balaban J connectivity index is 2.51. The molecule has 0 fully saturated rings. The Hall–Kier alpha value is -1.35. The van der Waals surface area contributed by atoms with Crippen molar-refractivity contribution in [2.45, 2.75) is 26.3 Å². The first-order valence-electron chi connectivity index (χ1n) is 5.16. The zero-order chi connectivity index (χ0) is 11.0. The summed E-state index contributed by atoms with van der Waals surface area (Å²) in [5.41, 5.74) is 4.49. The van der Waals surface area contributed by atoms with E-state index in [0.717, 1.165) is 24.1 Å². The van der Waals surface area contributed by atoms with Crippen molar-refractivity contribution in [2.24, 2.45) is 0 Å². The molecule has 1 aromatic carbocycles. The first kappa shape index (κ1) is 10.2. The zero-order valence-corrected chi connectivity index (χ0v) is 9.00. The Morgan fingerprint density at radius 1 is 1.40 bits per heavy atom. The molecule has 1 heterocycles. The predicted molar refractivity (Wildman–Crippen MR) is 58.0 cm³/mol. The summed E-state index contributed by atoms with van der Waals surface area (Å²) in [6.45, 7) is 4.82. The molecule has 3 heteroatoms. The van der Waals surface area contributed by atoms with Gasteiger partial charge in [0.15, 0.2) is 0 Å². The average molecular weight is 205 g/mol. The summed E-state index contributed by atoms with van der Waals surface area (Å²) in [5.74, 6) is -0.792. The standard InChI is InChI=1S/C12H15NO2/c1-7-5-9-3-4-13-11(12(14)15)10(9)6-8(7)2/h5-6,11,13H,3-4H2,1-2H3,(H,14,15). The summed E-state index contributed by atoms with van der Waals surface area (Å²) in [4.78, 5) is 11.1. The number of carboxylic acid groups (broad SMARTS) is 1. The molecule has 15 heavy (non-hydrogen) atoms. The Kier molecular flexibility index (Phi) is 2.49. The lowest BCUT2D eigenvalue weighted by atomic mass is 9.90. The number of nitrogens with one attached hydrogen (secondary N) is 1. The van der Waals surface area contributed by atoms with Crippen molar-refractivity contribution in [3.05, 3.63) is 34.4 Å². The number of benzene rings is 1. The van der Waals surface area contributed by atoms with Gasteiger partial charge in [-0.1, -0.05) is 12.1 Å². The first-order chi connectivity index (χ1) is 7.09. The van der Waals surface area contributed by atoms with Gasteiger partial charge < -0.3 is 10.4 Å². The Morgan fingerprint density at radius 2 is 2.07 bits per heavy atom. The van der Waals surface area contributed by atoms with Gasteiger partial charge in [-0.15, -0.1) is 0 Å². The molecule has 1 aliphatic heterocycles. The van der Waals surface area contributed by atoms with Gasteiger partial charge in [-0.2, -0.15) is 0 Å². The summed E-state index contributed by atoms with van der Waals surface area (Å²) >= 11 is 0. The van der Waals surface area contributed by atoms with E-state index in [-0.39, 0.29) is 0 Å². The Bertz CT molecular complexity index is 412. The molecule has 3 nitrogen and oxygen atoms in total. The molecule has 0 bridgehead atoms. The summed E-state index contributed by atoms with van der Waals surface area (Å²) in [5, 5.41) is 12.1. The second-order valence-corrected chi connectivity index (χ2v) is 4.11. The molecule has 0 spiro atoms. The molecule has 1 atom stereocenters. The van der Waals surface area contributed by atoms with Gasteiger partial charge in [0.2, 0.25) is 0 Å². The zero-order valence-electron chi connectivity index (χ0n) is 9.00. The van der Waals surface area contributed by atoms with Crippen LogP contribution in [0.1, 0.15) is 28.3 Å². The number of aliphatic carboxylic acids is 1. The number of hydrogen-bond acceptors (Lipinski definition) is 2. The normalized spacial score (nSPS) is 19.7. The summed E-state index contributed by atoms with van der Waals surface area (Å²) < 4.78 is 0. The highest BCUT2D eigenvalue weighted by Crippen LogP contribution is 2.26. The minimum Gasteiger partial charge on any atom is -0.480 e. The smallest absolute Gasteiger partial charge is 0.325 e. The fourth-order valence-corrected chi connectivity index (χ4v) is 2.07. The Labute approximate surface area is 89.1 Å². The van der Waals surface area contributed by atoms with Crippen LogP contribution in [0.15, 0.2) is 12.1 Å². The van der Waals surface area contributed by atoms with Crippen molar-refractivity contribution in [2.75, 3.05) is 6.54 Å². The lowest BCUT2D eigenvalue weighted by Gasteiger charge is -2.25. The lowest BCUT2D eigenvalue weighted by molar-refractivity contribution is -0.139. The molecule has 0 saturated heterocycles. The van der Waals surface area contributed by atoms with E-state index in [9.17, 15) is 4.79 Å². The second-order valence-electron chi connectivity index (χ2n) is 4.11. The van der Waals surface area contributed by atoms with Gasteiger partial charge in [0.25, 0.3) is 0 Å². The molecule has 0 amide bonds. The van der Waals surface area contributed by atoms with E-state index < -0.39 is 12.0 Å². The maximum absolute atomic E-state index is 11.1. The number of rotatable bonds is 1. The van der Waals surface area contributed by atoms with E-state index in [1.165, 1.54) is 11.1 Å². The van der Waals surface area contributed by atoms with Crippen molar-refractivity contribution >= 4 is 5.97 Å². The van der Waals surface area contributed by atoms with Crippen molar-refractivity contribution in [1.82, 2.24) is 5.32 Å². The largest absolute Gasteiger partial charge is 0.480 e. The number of hydrogen-bond donors (Lipinski definition) is 2. The molecule has 0 aliphatic carbocycles. The summed E-state index contributed by atoms with van der Waals surface area (Å²) in [6.07, 6.45) is 0.917. The van der Waals surface area contributed by atoms with E-state index in [4.69, 9.17) is 5.11 Å². The van der Waals surface area contributed by atoms with E-state index in [1.807, 2.05) is 13.0 Å². The SMILES string of the molecule is Cc1cc2c(cc1C)C(C(=O)O)NCC2. The topological polar surface area (TPSA) is 49.3 Å². The maximum atomic E-state index is 11.1. The van der Waals surface area contributed by atoms with Crippen molar-refractivity contribution in [3.63, 3.8) is 0 Å². The highest BCUT2D eigenvalue weighted by molar-refractivity contribution is 5.76. The van der Waals surface area contributed by atoms with Gasteiger partial charge in [-0.25, -0.2) is 0 Å². The predicted octanol–water partition coefficient (Wildman–Crippen LogP) is 1.57. The number of carbonyl (C=O) groups is 1. The quantitative estimate of drug-likeness (QED) is 0.731. The molecular weight excluding hydrogens is 190 g/mol. The van der Waals surface area contributed by atoms with Crippen LogP contribution in [0, 0.1) is 13.8 Å². The van der Waals surface area contributed by atoms with Gasteiger partial charge in [0, 0.05) is 6.54 Å². The third kappa shape index (κ3) is 1.75. The maximum Gasteiger partial charge on any atom is 0.325 e. The third-order valence-corrected chi connectivity index (χ3v) is 3.06. The van der Waals surface area contributed by atoms with Crippen LogP contribution >= 0.6 is 0 Å². The van der Waals surface area contributed by atoms with Crippen LogP contribution in [-0.2, 0) is 11.2 Å². The Morgan fingerprint density at radius 3 is 2.73 bits per heavy atom. The lowest BCUT2D eigenvalue weighted by Crippen LogP contribution is -2.35. The van der Waals surface area contributed by atoms with E-state index in [1.54, 1.807) is 0 Å². The molecule has 0 saturated carbocycles. The minimum atomic E-state index is -0.792.